The molecule has 0 amide bonds. The van der Waals surface area contributed by atoms with Crippen molar-refractivity contribution >= 4 is 10.8 Å². The molecular formula is C18H29NOS. The van der Waals surface area contributed by atoms with E-state index in [9.17, 15) is 4.21 Å². The van der Waals surface area contributed by atoms with E-state index < -0.39 is 10.8 Å². The Labute approximate surface area is 132 Å². The van der Waals surface area contributed by atoms with Crippen LogP contribution in [0, 0.1) is 18.8 Å². The first kappa shape index (κ1) is 16.7. The lowest BCUT2D eigenvalue weighted by Crippen LogP contribution is -2.45. The van der Waals surface area contributed by atoms with Crippen LogP contribution in [0.2, 0.25) is 0 Å². The number of rotatable bonds is 5. The first-order valence-corrected chi connectivity index (χ1v) is 9.50. The van der Waals surface area contributed by atoms with Gasteiger partial charge in [-0.15, -0.1) is 0 Å². The zero-order valence-electron chi connectivity index (χ0n) is 13.8. The molecule has 1 aliphatic rings. The maximum Gasteiger partial charge on any atom is 0.0507 e. The van der Waals surface area contributed by atoms with Crippen LogP contribution in [-0.2, 0) is 16.6 Å². The van der Waals surface area contributed by atoms with Crippen LogP contribution in [0.5, 0.6) is 0 Å². The van der Waals surface area contributed by atoms with Crippen molar-refractivity contribution in [2.24, 2.45) is 11.8 Å². The zero-order valence-corrected chi connectivity index (χ0v) is 14.6. The summed E-state index contributed by atoms with van der Waals surface area (Å²) < 4.78 is 12.9. The second-order valence-electron chi connectivity index (χ2n) is 6.70. The summed E-state index contributed by atoms with van der Waals surface area (Å²) in [5.41, 5.74) is 2.49. The Hall–Kier alpha value is -0.670. The van der Waals surface area contributed by atoms with Gasteiger partial charge in [0.2, 0.25) is 0 Å². The van der Waals surface area contributed by atoms with Crippen LogP contribution < -0.4 is 5.32 Å². The molecule has 4 unspecified atom stereocenters. The van der Waals surface area contributed by atoms with Gasteiger partial charge in [0, 0.05) is 22.6 Å². The highest BCUT2D eigenvalue weighted by Gasteiger charge is 2.34. The van der Waals surface area contributed by atoms with E-state index in [1.54, 1.807) is 0 Å². The molecule has 2 rings (SSSR count). The van der Waals surface area contributed by atoms with E-state index in [0.29, 0.717) is 17.7 Å². The minimum Gasteiger partial charge on any atom is -0.316 e. The van der Waals surface area contributed by atoms with Crippen LogP contribution >= 0.6 is 0 Å². The molecule has 118 valence electrons. The topological polar surface area (TPSA) is 29.1 Å². The van der Waals surface area contributed by atoms with E-state index in [1.165, 1.54) is 17.5 Å². The van der Waals surface area contributed by atoms with E-state index in [-0.39, 0.29) is 5.25 Å². The molecule has 0 radical (unpaired) electrons. The molecule has 3 heteroatoms. The van der Waals surface area contributed by atoms with Gasteiger partial charge in [-0.25, -0.2) is 0 Å². The number of benzene rings is 1. The Morgan fingerprint density at radius 3 is 2.62 bits per heavy atom. The summed E-state index contributed by atoms with van der Waals surface area (Å²) in [7, 11) is 1.21. The molecule has 1 aromatic carbocycles. The van der Waals surface area contributed by atoms with Gasteiger partial charge in [0.05, 0.1) is 5.25 Å². The third kappa shape index (κ3) is 4.17. The highest BCUT2D eigenvalue weighted by Crippen LogP contribution is 2.33. The summed E-state index contributed by atoms with van der Waals surface area (Å²) in [6.45, 7) is 6.71. The van der Waals surface area contributed by atoms with Crippen molar-refractivity contribution in [1.82, 2.24) is 5.32 Å². The van der Waals surface area contributed by atoms with Crippen molar-refractivity contribution in [1.29, 1.82) is 0 Å². The summed E-state index contributed by atoms with van der Waals surface area (Å²) in [6.07, 6.45) is 3.52. The van der Waals surface area contributed by atoms with Gasteiger partial charge in [0.25, 0.3) is 0 Å². The molecule has 1 N–H and O–H groups in total. The smallest absolute Gasteiger partial charge is 0.0507 e. The average Bonchev–Trinajstić information content (AvgIpc) is 2.48. The number of hydrogen-bond acceptors (Lipinski definition) is 2. The molecule has 2 nitrogen and oxygen atoms in total. The molecule has 1 fully saturated rings. The van der Waals surface area contributed by atoms with Crippen LogP contribution in [-0.4, -0.2) is 22.5 Å². The minimum absolute atomic E-state index is 0.288. The normalized spacial score (nSPS) is 27.8. The SMILES string of the molecule is CNC1CCC(C(C)C)CC1S(=O)Cc1ccccc1C. The summed E-state index contributed by atoms with van der Waals surface area (Å²) in [5, 5.41) is 3.69. The monoisotopic (exact) mass is 307 g/mol. The fraction of sp³-hybridized carbons (Fsp3) is 0.667. The highest BCUT2D eigenvalue weighted by molar-refractivity contribution is 7.84. The first-order chi connectivity index (χ1) is 10.0. The molecule has 0 bridgehead atoms. The van der Waals surface area contributed by atoms with E-state index in [1.807, 2.05) is 19.2 Å². The zero-order chi connectivity index (χ0) is 15.4. The highest BCUT2D eigenvalue weighted by atomic mass is 32.2. The van der Waals surface area contributed by atoms with E-state index in [0.717, 1.165) is 18.8 Å². The quantitative estimate of drug-likeness (QED) is 0.899. The van der Waals surface area contributed by atoms with Gasteiger partial charge in [-0.3, -0.25) is 4.21 Å². The second-order valence-corrected chi connectivity index (χ2v) is 8.36. The number of aryl methyl sites for hydroxylation is 1. The first-order valence-electron chi connectivity index (χ1n) is 8.11. The van der Waals surface area contributed by atoms with Gasteiger partial charge in [-0.1, -0.05) is 38.1 Å². The Morgan fingerprint density at radius 1 is 1.29 bits per heavy atom. The molecule has 0 aromatic heterocycles. The van der Waals surface area contributed by atoms with E-state index in [2.05, 4.69) is 38.2 Å². The van der Waals surface area contributed by atoms with Gasteiger partial charge in [0.1, 0.15) is 0 Å². The summed E-state index contributed by atoms with van der Waals surface area (Å²) in [4.78, 5) is 0. The number of nitrogens with one attached hydrogen (secondary N) is 1. The molecular weight excluding hydrogens is 278 g/mol. The molecule has 4 atom stereocenters. The van der Waals surface area contributed by atoms with Gasteiger partial charge >= 0.3 is 0 Å². The van der Waals surface area contributed by atoms with Crippen molar-refractivity contribution in [2.45, 2.75) is 57.1 Å². The fourth-order valence-electron chi connectivity index (χ4n) is 3.42. The Kier molecular flexibility index (Phi) is 6.00. The average molecular weight is 308 g/mol. The third-order valence-electron chi connectivity index (χ3n) is 5.04. The standard InChI is InChI=1S/C18H29NOS/c1-13(2)15-9-10-17(19-4)18(11-15)21(20)12-16-8-6-5-7-14(16)3/h5-8,13,15,17-19H,9-12H2,1-4H3. The lowest BCUT2D eigenvalue weighted by atomic mass is 9.79. The van der Waals surface area contributed by atoms with Crippen molar-refractivity contribution in [3.8, 4) is 0 Å². The maximum atomic E-state index is 12.9. The number of hydrogen-bond donors (Lipinski definition) is 1. The molecule has 1 saturated carbocycles. The van der Waals surface area contributed by atoms with Crippen molar-refractivity contribution in [2.75, 3.05) is 7.05 Å². The fourth-order valence-corrected chi connectivity index (χ4v) is 5.36. The molecule has 1 aliphatic carbocycles. The van der Waals surface area contributed by atoms with Crippen LogP contribution in [0.4, 0.5) is 0 Å². The molecule has 21 heavy (non-hydrogen) atoms. The Balaban J connectivity index is 2.09. The molecule has 0 heterocycles. The summed E-state index contributed by atoms with van der Waals surface area (Å²) in [5.74, 6) is 2.11. The van der Waals surface area contributed by atoms with Gasteiger partial charge in [-0.05, 0) is 56.2 Å². The van der Waals surface area contributed by atoms with Gasteiger partial charge in [-0.2, -0.15) is 0 Å². The Bertz CT molecular complexity index is 486. The minimum atomic E-state index is -0.797. The molecule has 0 aliphatic heterocycles. The molecule has 0 spiro atoms. The van der Waals surface area contributed by atoms with Crippen molar-refractivity contribution in [3.05, 3.63) is 35.4 Å². The largest absolute Gasteiger partial charge is 0.316 e. The predicted octanol–water partition coefficient (Wildman–Crippen LogP) is 3.66. The van der Waals surface area contributed by atoms with Gasteiger partial charge < -0.3 is 5.32 Å². The Morgan fingerprint density at radius 2 is 2.00 bits per heavy atom. The van der Waals surface area contributed by atoms with Crippen LogP contribution in [0.3, 0.4) is 0 Å². The summed E-state index contributed by atoms with van der Waals surface area (Å²) >= 11 is 0. The van der Waals surface area contributed by atoms with E-state index in [4.69, 9.17) is 0 Å². The van der Waals surface area contributed by atoms with Crippen LogP contribution in [0.15, 0.2) is 24.3 Å². The van der Waals surface area contributed by atoms with Crippen molar-refractivity contribution < 1.29 is 4.21 Å². The van der Waals surface area contributed by atoms with E-state index >= 15 is 0 Å². The predicted molar refractivity (Wildman–Crippen MR) is 91.8 cm³/mol. The second kappa shape index (κ2) is 7.55. The molecule has 1 aromatic rings. The lowest BCUT2D eigenvalue weighted by Gasteiger charge is -2.37. The summed E-state index contributed by atoms with van der Waals surface area (Å²) in [6, 6.07) is 8.73. The van der Waals surface area contributed by atoms with Crippen LogP contribution in [0.1, 0.15) is 44.2 Å². The third-order valence-corrected chi connectivity index (χ3v) is 6.83. The van der Waals surface area contributed by atoms with Crippen molar-refractivity contribution in [3.63, 3.8) is 0 Å². The maximum absolute atomic E-state index is 12.9. The lowest BCUT2D eigenvalue weighted by molar-refractivity contribution is 0.249. The van der Waals surface area contributed by atoms with Gasteiger partial charge in [0.15, 0.2) is 0 Å². The molecule has 0 saturated heterocycles. The van der Waals surface area contributed by atoms with Crippen LogP contribution in [0.25, 0.3) is 0 Å².